The van der Waals surface area contributed by atoms with E-state index in [2.05, 4.69) is 0 Å². The number of piperidine rings is 1. The minimum atomic E-state index is -0.727. The van der Waals surface area contributed by atoms with Crippen LogP contribution in [0.25, 0.3) is 0 Å². The van der Waals surface area contributed by atoms with Crippen LogP contribution in [0.5, 0.6) is 0 Å². The molecule has 3 rings (SSSR count). The molecule has 1 aliphatic rings. The minimum absolute atomic E-state index is 0.0972. The van der Waals surface area contributed by atoms with Gasteiger partial charge in [-0.1, -0.05) is 35.3 Å². The van der Waals surface area contributed by atoms with Gasteiger partial charge in [0, 0.05) is 12.6 Å². The molecule has 0 spiro atoms. The number of halogens is 4. The van der Waals surface area contributed by atoms with Crippen molar-refractivity contribution in [2.75, 3.05) is 11.4 Å². The molecule has 2 N–H and O–H groups in total. The van der Waals surface area contributed by atoms with E-state index in [1.54, 1.807) is 18.2 Å². The summed E-state index contributed by atoms with van der Waals surface area (Å²) in [5.41, 5.74) is 6.78. The summed E-state index contributed by atoms with van der Waals surface area (Å²) in [4.78, 5) is 14.0. The Kier molecular flexibility index (Phi) is 5.27. The highest BCUT2D eigenvalue weighted by molar-refractivity contribution is 6.40. The number of amides is 1. The Bertz CT molecular complexity index is 795. The van der Waals surface area contributed by atoms with E-state index >= 15 is 0 Å². The lowest BCUT2D eigenvalue weighted by Gasteiger charge is -2.36. The van der Waals surface area contributed by atoms with E-state index in [-0.39, 0.29) is 11.8 Å². The molecule has 2 aromatic rings. The quantitative estimate of drug-likeness (QED) is 0.861. The lowest BCUT2D eigenvalue weighted by molar-refractivity contribution is -0.121. The van der Waals surface area contributed by atoms with Gasteiger partial charge in [0.25, 0.3) is 0 Å². The van der Waals surface area contributed by atoms with Gasteiger partial charge in [-0.15, -0.1) is 0 Å². The highest BCUT2D eigenvalue weighted by atomic mass is 35.5. The molecule has 1 fully saturated rings. The fourth-order valence-electron chi connectivity index (χ4n) is 3.18. The summed E-state index contributed by atoms with van der Waals surface area (Å²) in [6, 6.07) is 7.74. The molecule has 7 heteroatoms. The van der Waals surface area contributed by atoms with Crippen LogP contribution in [0.2, 0.25) is 10.0 Å². The van der Waals surface area contributed by atoms with Gasteiger partial charge in [-0.2, -0.15) is 0 Å². The first kappa shape index (κ1) is 18.1. The van der Waals surface area contributed by atoms with Crippen molar-refractivity contribution in [2.45, 2.75) is 18.9 Å². The van der Waals surface area contributed by atoms with Crippen LogP contribution in [0.15, 0.2) is 36.4 Å². The lowest BCUT2D eigenvalue weighted by atomic mass is 9.88. The zero-order valence-electron chi connectivity index (χ0n) is 13.2. The van der Waals surface area contributed by atoms with Gasteiger partial charge in [0.2, 0.25) is 5.91 Å². The number of hydrogen-bond donors (Lipinski definition) is 1. The number of carbonyl (C=O) groups is 1. The van der Waals surface area contributed by atoms with Gasteiger partial charge in [-0.25, -0.2) is 8.78 Å². The van der Waals surface area contributed by atoms with Crippen LogP contribution in [0, 0.1) is 17.6 Å². The number of nitrogens with zero attached hydrogens (tertiary/aromatic N) is 1. The van der Waals surface area contributed by atoms with Gasteiger partial charge >= 0.3 is 0 Å². The first-order valence-corrected chi connectivity index (χ1v) is 8.57. The van der Waals surface area contributed by atoms with Crippen LogP contribution in [0.4, 0.5) is 14.5 Å². The Balaban J connectivity index is 1.87. The number of benzene rings is 2. The Hall–Kier alpha value is -1.69. The second-order valence-corrected chi connectivity index (χ2v) is 6.98. The third kappa shape index (κ3) is 3.78. The maximum Gasteiger partial charge on any atom is 0.244 e. The summed E-state index contributed by atoms with van der Waals surface area (Å²) in [6.45, 7) is 0.312. The molecule has 132 valence electrons. The Labute approximate surface area is 154 Å². The zero-order valence-corrected chi connectivity index (χ0v) is 14.7. The third-order valence-corrected chi connectivity index (χ3v) is 4.95. The van der Waals surface area contributed by atoms with Crippen LogP contribution < -0.4 is 10.6 Å². The number of hydrogen-bond acceptors (Lipinski definition) is 2. The average molecular weight is 385 g/mol. The van der Waals surface area contributed by atoms with Crippen LogP contribution >= 0.6 is 23.2 Å². The minimum Gasteiger partial charge on any atom is -0.320 e. The molecule has 1 saturated heterocycles. The van der Waals surface area contributed by atoms with Crippen molar-refractivity contribution in [1.29, 1.82) is 0 Å². The third-order valence-electron chi connectivity index (χ3n) is 4.34. The van der Waals surface area contributed by atoms with Crippen molar-refractivity contribution < 1.29 is 13.6 Å². The first-order valence-electron chi connectivity index (χ1n) is 7.81. The summed E-state index contributed by atoms with van der Waals surface area (Å²) < 4.78 is 27.0. The summed E-state index contributed by atoms with van der Waals surface area (Å²) in [6.07, 6.45) is 0.750. The van der Waals surface area contributed by atoms with Crippen LogP contribution in [0.3, 0.4) is 0 Å². The molecule has 2 aromatic carbocycles. The molecule has 2 atom stereocenters. The van der Waals surface area contributed by atoms with Gasteiger partial charge in [0.05, 0.1) is 21.8 Å². The molecule has 0 unspecified atom stereocenters. The van der Waals surface area contributed by atoms with Crippen molar-refractivity contribution in [3.8, 4) is 0 Å². The number of rotatable bonds is 3. The molecule has 0 aromatic heterocycles. The predicted molar refractivity (Wildman–Crippen MR) is 95.0 cm³/mol. The monoisotopic (exact) mass is 384 g/mol. The smallest absolute Gasteiger partial charge is 0.244 e. The van der Waals surface area contributed by atoms with E-state index in [1.807, 2.05) is 0 Å². The Morgan fingerprint density at radius 3 is 2.48 bits per heavy atom. The molecule has 0 bridgehead atoms. The number of nitrogens with two attached hydrogens (primary N) is 1. The number of para-hydroxylation sites is 1. The maximum absolute atomic E-state index is 13.9. The van der Waals surface area contributed by atoms with Crippen molar-refractivity contribution >= 4 is 34.8 Å². The Morgan fingerprint density at radius 1 is 1.16 bits per heavy atom. The van der Waals surface area contributed by atoms with Crippen LogP contribution in [-0.2, 0) is 11.2 Å². The van der Waals surface area contributed by atoms with E-state index < -0.39 is 17.7 Å². The summed E-state index contributed by atoms with van der Waals surface area (Å²) in [5, 5.41) is 0.698. The van der Waals surface area contributed by atoms with E-state index in [1.165, 1.54) is 17.0 Å². The van der Waals surface area contributed by atoms with E-state index in [9.17, 15) is 13.6 Å². The molecule has 25 heavy (non-hydrogen) atoms. The molecule has 1 heterocycles. The molecular formula is C18H16Cl2F2N2O. The second-order valence-electron chi connectivity index (χ2n) is 6.17. The molecular weight excluding hydrogens is 369 g/mol. The van der Waals surface area contributed by atoms with E-state index in [4.69, 9.17) is 28.9 Å². The van der Waals surface area contributed by atoms with Gasteiger partial charge in [-0.05, 0) is 42.5 Å². The first-order chi connectivity index (χ1) is 11.9. The average Bonchev–Trinajstić information content (AvgIpc) is 2.54. The molecule has 3 nitrogen and oxygen atoms in total. The predicted octanol–water partition coefficient (Wildman–Crippen LogP) is 4.19. The van der Waals surface area contributed by atoms with Crippen LogP contribution in [0.1, 0.15) is 12.0 Å². The topological polar surface area (TPSA) is 46.3 Å². The zero-order chi connectivity index (χ0) is 18.1. The largest absolute Gasteiger partial charge is 0.320 e. The molecule has 1 aliphatic heterocycles. The van der Waals surface area contributed by atoms with Crippen LogP contribution in [-0.4, -0.2) is 18.5 Å². The van der Waals surface area contributed by atoms with Crippen molar-refractivity contribution in [2.24, 2.45) is 11.7 Å². The summed E-state index contributed by atoms with van der Waals surface area (Å²) in [7, 11) is 0. The van der Waals surface area contributed by atoms with Gasteiger partial charge < -0.3 is 10.6 Å². The lowest BCUT2D eigenvalue weighted by Crippen LogP contribution is -2.52. The number of carbonyl (C=O) groups excluding carboxylic acids is 1. The summed E-state index contributed by atoms with van der Waals surface area (Å²) in [5.74, 6) is -1.60. The van der Waals surface area contributed by atoms with Crippen molar-refractivity contribution in [3.63, 3.8) is 0 Å². The van der Waals surface area contributed by atoms with E-state index in [0.717, 1.165) is 6.07 Å². The number of anilines is 1. The summed E-state index contributed by atoms with van der Waals surface area (Å²) >= 11 is 12.4. The maximum atomic E-state index is 13.9. The standard InChI is InChI=1S/C18H16Cl2F2N2O/c19-13-2-1-3-14(20)17(13)24-9-10(7-16(23)18(24)25)6-11-4-5-12(21)8-15(11)22/h1-5,8,10,16H,6-7,9,23H2/t10-,16-/m0/s1. The van der Waals surface area contributed by atoms with Crippen molar-refractivity contribution in [1.82, 2.24) is 0 Å². The molecule has 1 amide bonds. The Morgan fingerprint density at radius 2 is 1.84 bits per heavy atom. The van der Waals surface area contributed by atoms with Gasteiger partial charge in [0.15, 0.2) is 0 Å². The van der Waals surface area contributed by atoms with Gasteiger partial charge in [0.1, 0.15) is 11.6 Å². The normalized spacial score (nSPS) is 20.8. The van der Waals surface area contributed by atoms with Gasteiger partial charge in [-0.3, -0.25) is 4.79 Å². The van der Waals surface area contributed by atoms with Crippen molar-refractivity contribution in [3.05, 3.63) is 63.6 Å². The fraction of sp³-hybridized carbons (Fsp3) is 0.278. The highest BCUT2D eigenvalue weighted by Crippen LogP contribution is 2.36. The molecule has 0 saturated carbocycles. The molecule has 0 aliphatic carbocycles. The molecule has 0 radical (unpaired) electrons. The van der Waals surface area contributed by atoms with E-state index in [0.29, 0.717) is 40.7 Å². The second kappa shape index (κ2) is 7.28. The highest BCUT2D eigenvalue weighted by Gasteiger charge is 2.35. The fourth-order valence-corrected chi connectivity index (χ4v) is 3.78. The SMILES string of the molecule is N[C@H]1C[C@H](Cc2ccc(F)cc2F)CN(c2c(Cl)cccc2Cl)C1=O.